The number of rotatable bonds is 6. The Balaban J connectivity index is 2.45. The van der Waals surface area contributed by atoms with Gasteiger partial charge in [-0.1, -0.05) is 0 Å². The van der Waals surface area contributed by atoms with Crippen LogP contribution in [0.1, 0.15) is 30.9 Å². The van der Waals surface area contributed by atoms with Crippen LogP contribution in [0.2, 0.25) is 0 Å². The van der Waals surface area contributed by atoms with Crippen molar-refractivity contribution < 1.29 is 13.9 Å². The van der Waals surface area contributed by atoms with Crippen molar-refractivity contribution >= 4 is 5.91 Å². The standard InChI is InChI=1S/C12H20N2O3/c1-8-4-5-11(17-8)9(2)14-12(15)10(13)6-7-16-3/h4-5,9-10H,6-7,13H2,1-3H3,(H,14,15). The second-order valence-corrected chi connectivity index (χ2v) is 4.07. The van der Waals surface area contributed by atoms with Crippen LogP contribution < -0.4 is 11.1 Å². The zero-order valence-electron chi connectivity index (χ0n) is 10.5. The number of hydrogen-bond acceptors (Lipinski definition) is 4. The van der Waals surface area contributed by atoms with Crippen molar-refractivity contribution in [2.45, 2.75) is 32.4 Å². The number of ether oxygens (including phenoxy) is 1. The molecule has 1 rings (SSSR count). The van der Waals surface area contributed by atoms with Gasteiger partial charge in [-0.2, -0.15) is 0 Å². The summed E-state index contributed by atoms with van der Waals surface area (Å²) in [6.07, 6.45) is 0.506. The summed E-state index contributed by atoms with van der Waals surface area (Å²) in [5.41, 5.74) is 5.71. The van der Waals surface area contributed by atoms with Crippen molar-refractivity contribution in [2.75, 3.05) is 13.7 Å². The summed E-state index contributed by atoms with van der Waals surface area (Å²) in [5.74, 6) is 1.36. The molecule has 17 heavy (non-hydrogen) atoms. The van der Waals surface area contributed by atoms with Gasteiger partial charge in [0.15, 0.2) is 0 Å². The van der Waals surface area contributed by atoms with Crippen molar-refractivity contribution in [3.8, 4) is 0 Å². The van der Waals surface area contributed by atoms with Gasteiger partial charge in [-0.15, -0.1) is 0 Å². The topological polar surface area (TPSA) is 77.5 Å². The Kier molecular flexibility index (Phi) is 5.18. The van der Waals surface area contributed by atoms with Crippen LogP contribution in [-0.2, 0) is 9.53 Å². The molecule has 0 saturated heterocycles. The number of nitrogens with two attached hydrogens (primary N) is 1. The summed E-state index contributed by atoms with van der Waals surface area (Å²) in [6.45, 7) is 4.20. The van der Waals surface area contributed by atoms with Gasteiger partial charge in [0, 0.05) is 13.7 Å². The van der Waals surface area contributed by atoms with E-state index in [0.29, 0.717) is 13.0 Å². The van der Waals surface area contributed by atoms with E-state index in [1.54, 1.807) is 7.11 Å². The van der Waals surface area contributed by atoms with E-state index >= 15 is 0 Å². The van der Waals surface area contributed by atoms with Gasteiger partial charge in [-0.25, -0.2) is 0 Å². The molecule has 0 saturated carbocycles. The summed E-state index contributed by atoms with van der Waals surface area (Å²) in [4.78, 5) is 11.7. The van der Waals surface area contributed by atoms with E-state index in [-0.39, 0.29) is 11.9 Å². The first kappa shape index (κ1) is 13.7. The zero-order chi connectivity index (χ0) is 12.8. The minimum absolute atomic E-state index is 0.176. The van der Waals surface area contributed by atoms with Crippen molar-refractivity contribution in [1.29, 1.82) is 0 Å². The molecule has 1 heterocycles. The summed E-state index contributed by atoms with van der Waals surface area (Å²) >= 11 is 0. The fourth-order valence-electron chi connectivity index (χ4n) is 1.45. The summed E-state index contributed by atoms with van der Waals surface area (Å²) in [6, 6.07) is 2.99. The first-order chi connectivity index (χ1) is 8.04. The number of furan rings is 1. The van der Waals surface area contributed by atoms with E-state index in [1.807, 2.05) is 26.0 Å². The lowest BCUT2D eigenvalue weighted by atomic mass is 10.2. The summed E-state index contributed by atoms with van der Waals surface area (Å²) in [5, 5.41) is 2.80. The van der Waals surface area contributed by atoms with Crippen molar-refractivity contribution in [3.05, 3.63) is 23.7 Å². The Morgan fingerprint density at radius 2 is 2.29 bits per heavy atom. The quantitative estimate of drug-likeness (QED) is 0.781. The number of methoxy groups -OCH3 is 1. The maximum absolute atomic E-state index is 11.7. The highest BCUT2D eigenvalue weighted by Crippen LogP contribution is 2.15. The van der Waals surface area contributed by atoms with Crippen LogP contribution in [0.15, 0.2) is 16.5 Å². The molecule has 0 fully saturated rings. The Bertz CT molecular complexity index is 362. The third kappa shape index (κ3) is 4.20. The molecule has 5 nitrogen and oxygen atoms in total. The highest BCUT2D eigenvalue weighted by molar-refractivity contribution is 5.81. The smallest absolute Gasteiger partial charge is 0.237 e. The molecule has 0 aliphatic carbocycles. The van der Waals surface area contributed by atoms with E-state index in [0.717, 1.165) is 11.5 Å². The maximum atomic E-state index is 11.7. The lowest BCUT2D eigenvalue weighted by Crippen LogP contribution is -2.42. The molecule has 1 aromatic heterocycles. The Morgan fingerprint density at radius 3 is 2.82 bits per heavy atom. The van der Waals surface area contributed by atoms with Gasteiger partial charge in [-0.3, -0.25) is 4.79 Å². The molecule has 2 unspecified atom stereocenters. The molecular weight excluding hydrogens is 220 g/mol. The van der Waals surface area contributed by atoms with Crippen LogP contribution in [0.5, 0.6) is 0 Å². The summed E-state index contributed by atoms with van der Waals surface area (Å²) < 4.78 is 10.3. The third-order valence-electron chi connectivity index (χ3n) is 2.52. The molecule has 0 spiro atoms. The average molecular weight is 240 g/mol. The van der Waals surface area contributed by atoms with E-state index in [4.69, 9.17) is 14.9 Å². The molecule has 1 amide bonds. The largest absolute Gasteiger partial charge is 0.464 e. The third-order valence-corrected chi connectivity index (χ3v) is 2.52. The Hall–Kier alpha value is -1.33. The van der Waals surface area contributed by atoms with Crippen LogP contribution in [0, 0.1) is 6.92 Å². The van der Waals surface area contributed by atoms with Crippen molar-refractivity contribution in [3.63, 3.8) is 0 Å². The summed E-state index contributed by atoms with van der Waals surface area (Å²) in [7, 11) is 1.58. The van der Waals surface area contributed by atoms with Crippen LogP contribution in [0.25, 0.3) is 0 Å². The Morgan fingerprint density at radius 1 is 1.59 bits per heavy atom. The van der Waals surface area contributed by atoms with Crippen LogP contribution in [0.3, 0.4) is 0 Å². The van der Waals surface area contributed by atoms with Gasteiger partial charge >= 0.3 is 0 Å². The molecule has 2 atom stereocenters. The number of carbonyl (C=O) groups excluding carboxylic acids is 1. The van der Waals surface area contributed by atoms with Gasteiger partial charge in [0.05, 0.1) is 12.1 Å². The molecule has 0 aliphatic heterocycles. The number of amides is 1. The zero-order valence-corrected chi connectivity index (χ0v) is 10.5. The number of nitrogens with one attached hydrogen (secondary N) is 1. The van der Waals surface area contributed by atoms with E-state index in [9.17, 15) is 4.79 Å². The van der Waals surface area contributed by atoms with Crippen LogP contribution in [-0.4, -0.2) is 25.7 Å². The predicted octanol–water partition coefficient (Wildman–Crippen LogP) is 1.13. The van der Waals surface area contributed by atoms with Gasteiger partial charge in [0.1, 0.15) is 11.5 Å². The highest BCUT2D eigenvalue weighted by atomic mass is 16.5. The molecule has 5 heteroatoms. The first-order valence-electron chi connectivity index (χ1n) is 5.65. The fraction of sp³-hybridized carbons (Fsp3) is 0.583. The van der Waals surface area contributed by atoms with Crippen molar-refractivity contribution in [2.24, 2.45) is 5.73 Å². The maximum Gasteiger partial charge on any atom is 0.237 e. The van der Waals surface area contributed by atoms with Gasteiger partial charge in [0.25, 0.3) is 0 Å². The van der Waals surface area contributed by atoms with Gasteiger partial charge in [-0.05, 0) is 32.4 Å². The highest BCUT2D eigenvalue weighted by Gasteiger charge is 2.17. The molecule has 1 aromatic rings. The number of aryl methyl sites for hydroxylation is 1. The minimum Gasteiger partial charge on any atom is -0.464 e. The molecule has 0 bridgehead atoms. The van der Waals surface area contributed by atoms with Gasteiger partial charge < -0.3 is 20.2 Å². The monoisotopic (exact) mass is 240 g/mol. The number of carbonyl (C=O) groups is 1. The second-order valence-electron chi connectivity index (χ2n) is 4.07. The molecule has 3 N–H and O–H groups in total. The van der Waals surface area contributed by atoms with Crippen LogP contribution >= 0.6 is 0 Å². The molecule has 0 radical (unpaired) electrons. The number of hydrogen-bond donors (Lipinski definition) is 2. The Labute approximate surface area is 101 Å². The molecule has 0 aromatic carbocycles. The van der Waals surface area contributed by atoms with E-state index in [1.165, 1.54) is 0 Å². The van der Waals surface area contributed by atoms with E-state index < -0.39 is 6.04 Å². The fourth-order valence-corrected chi connectivity index (χ4v) is 1.45. The lowest BCUT2D eigenvalue weighted by molar-refractivity contribution is -0.123. The van der Waals surface area contributed by atoms with Crippen molar-refractivity contribution in [1.82, 2.24) is 5.32 Å². The van der Waals surface area contributed by atoms with Crippen LogP contribution in [0.4, 0.5) is 0 Å². The van der Waals surface area contributed by atoms with E-state index in [2.05, 4.69) is 5.32 Å². The normalized spacial score (nSPS) is 14.4. The van der Waals surface area contributed by atoms with Gasteiger partial charge in [0.2, 0.25) is 5.91 Å². The first-order valence-corrected chi connectivity index (χ1v) is 5.65. The second kappa shape index (κ2) is 6.42. The minimum atomic E-state index is -0.548. The lowest BCUT2D eigenvalue weighted by Gasteiger charge is -2.15. The molecule has 0 aliphatic rings. The molecular formula is C12H20N2O3. The molecule has 96 valence electrons. The SMILES string of the molecule is COCCC(N)C(=O)NC(C)c1ccc(C)o1. The average Bonchev–Trinajstić information content (AvgIpc) is 2.72. The predicted molar refractivity (Wildman–Crippen MR) is 64.5 cm³/mol.